The summed E-state index contributed by atoms with van der Waals surface area (Å²) < 4.78 is 54.7. The third-order valence-electron chi connectivity index (χ3n) is 5.86. The Kier molecular flexibility index (Phi) is 8.83. The van der Waals surface area contributed by atoms with Gasteiger partial charge in [0.1, 0.15) is 17.3 Å². The summed E-state index contributed by atoms with van der Waals surface area (Å²) in [5.74, 6) is -1.03. The number of hydrogen-bond donors (Lipinski definition) is 1. The number of fused-ring (bicyclic) bond motifs is 1. The Morgan fingerprint density at radius 2 is 1.67 bits per heavy atom. The largest absolute Gasteiger partial charge is 2.00 e. The SMILES string of the molecule is [CH2-]c1ccc(Nc2ncc3ccn(-c4cc(F)c(CN5CCS(=O)(=O)CC5)c(F)c4)c3n2)cc1.[CH3-].[U+2]. The van der Waals surface area contributed by atoms with Crippen molar-refractivity contribution in [1.82, 2.24) is 19.4 Å². The van der Waals surface area contributed by atoms with Gasteiger partial charge >= 0.3 is 31.1 Å². The van der Waals surface area contributed by atoms with E-state index in [9.17, 15) is 17.2 Å². The van der Waals surface area contributed by atoms with Gasteiger partial charge in [0.15, 0.2) is 9.84 Å². The predicted molar refractivity (Wildman–Crippen MR) is 133 cm³/mol. The van der Waals surface area contributed by atoms with Gasteiger partial charge in [-0.25, -0.2) is 22.2 Å². The molecule has 1 N–H and O–H groups in total. The molecule has 1 aliphatic heterocycles. The van der Waals surface area contributed by atoms with Crippen LogP contribution in [0.3, 0.4) is 0 Å². The molecule has 0 bridgehead atoms. The predicted octanol–water partition coefficient (Wildman–Crippen LogP) is 4.31. The number of nitrogens with one attached hydrogen (secondary N) is 1. The first-order chi connectivity index (χ1) is 16.3. The number of halogens is 2. The molecule has 0 aliphatic carbocycles. The molecule has 0 saturated carbocycles. The van der Waals surface area contributed by atoms with Crippen molar-refractivity contribution in [2.24, 2.45) is 0 Å². The topological polar surface area (TPSA) is 80.1 Å². The Bertz CT molecular complexity index is 1440. The zero-order chi connectivity index (χ0) is 23.9. The van der Waals surface area contributed by atoms with Gasteiger partial charge in [0.05, 0.1) is 17.2 Å². The third-order valence-corrected chi connectivity index (χ3v) is 7.47. The molecule has 1 aliphatic rings. The van der Waals surface area contributed by atoms with Crippen LogP contribution in [0.25, 0.3) is 16.7 Å². The van der Waals surface area contributed by atoms with Crippen molar-refractivity contribution in [2.75, 3.05) is 29.9 Å². The van der Waals surface area contributed by atoms with Crippen molar-refractivity contribution in [2.45, 2.75) is 6.54 Å². The summed E-state index contributed by atoms with van der Waals surface area (Å²) >= 11 is 0. The first kappa shape index (κ1) is 28.1. The van der Waals surface area contributed by atoms with Crippen molar-refractivity contribution < 1.29 is 48.3 Å². The molecule has 2 aromatic heterocycles. The summed E-state index contributed by atoms with van der Waals surface area (Å²) in [5, 5.41) is 3.84. The molecule has 0 radical (unpaired) electrons. The number of aromatic nitrogens is 3. The van der Waals surface area contributed by atoms with Crippen molar-refractivity contribution >= 4 is 32.5 Å². The van der Waals surface area contributed by atoms with Crippen molar-refractivity contribution in [3.05, 3.63) is 92.0 Å². The van der Waals surface area contributed by atoms with Crippen LogP contribution < -0.4 is 5.32 Å². The molecule has 0 unspecified atom stereocenters. The van der Waals surface area contributed by atoms with Crippen LogP contribution >= 0.6 is 0 Å². The van der Waals surface area contributed by atoms with Gasteiger partial charge in [0.2, 0.25) is 5.95 Å². The summed E-state index contributed by atoms with van der Waals surface area (Å²) in [6, 6.07) is 11.7. The van der Waals surface area contributed by atoms with E-state index in [2.05, 4.69) is 22.2 Å². The average Bonchev–Trinajstić information content (AvgIpc) is 3.22. The molecular formula is C25H25F2N5O2SU. The van der Waals surface area contributed by atoms with Gasteiger partial charge in [-0.3, -0.25) is 4.90 Å². The Hall–Kier alpha value is -2.45. The van der Waals surface area contributed by atoms with Crippen LogP contribution in [0.2, 0.25) is 0 Å². The van der Waals surface area contributed by atoms with E-state index in [1.807, 2.05) is 24.3 Å². The second-order valence-corrected chi connectivity index (χ2v) is 10.6. The molecule has 1 fully saturated rings. The van der Waals surface area contributed by atoms with Crippen LogP contribution in [0.5, 0.6) is 0 Å². The first-order valence-electron chi connectivity index (χ1n) is 10.7. The number of nitrogens with zero attached hydrogens (tertiary/aromatic N) is 4. The quantitative estimate of drug-likeness (QED) is 0.308. The molecule has 5 rings (SSSR count). The minimum Gasteiger partial charge on any atom is -0.358 e. The van der Waals surface area contributed by atoms with Gasteiger partial charge < -0.3 is 17.3 Å². The van der Waals surface area contributed by atoms with Gasteiger partial charge in [-0.15, -0.1) is 0 Å². The van der Waals surface area contributed by atoms with E-state index in [0.29, 0.717) is 17.3 Å². The summed E-state index contributed by atoms with van der Waals surface area (Å²) in [6.07, 6.45) is 3.33. The summed E-state index contributed by atoms with van der Waals surface area (Å²) in [6.45, 7) is 4.39. The minimum absolute atomic E-state index is 0. The van der Waals surface area contributed by atoms with E-state index in [1.54, 1.807) is 27.9 Å². The fourth-order valence-electron chi connectivity index (χ4n) is 3.92. The number of rotatable bonds is 5. The zero-order valence-corrected chi connectivity index (χ0v) is 24.7. The Labute approximate surface area is 233 Å². The van der Waals surface area contributed by atoms with Gasteiger partial charge in [-0.2, -0.15) is 29.6 Å². The molecule has 186 valence electrons. The maximum atomic E-state index is 15.0. The summed E-state index contributed by atoms with van der Waals surface area (Å²) in [4.78, 5) is 10.6. The molecule has 7 nitrogen and oxygen atoms in total. The molecular weight excluding hydrogens is 710 g/mol. The monoisotopic (exact) mass is 735 g/mol. The van der Waals surface area contributed by atoms with Gasteiger partial charge in [-0.1, -0.05) is 12.1 Å². The molecule has 3 heterocycles. The second kappa shape index (κ2) is 11.3. The van der Waals surface area contributed by atoms with Crippen LogP contribution in [0.1, 0.15) is 11.1 Å². The molecule has 0 amide bonds. The van der Waals surface area contributed by atoms with E-state index >= 15 is 0 Å². The molecule has 11 heteroatoms. The molecule has 0 atom stereocenters. The van der Waals surface area contributed by atoms with Crippen LogP contribution in [0.4, 0.5) is 20.4 Å². The molecule has 2 aromatic carbocycles. The van der Waals surface area contributed by atoms with Crippen LogP contribution in [0.15, 0.2) is 54.9 Å². The van der Waals surface area contributed by atoms with Crippen molar-refractivity contribution in [1.29, 1.82) is 0 Å². The van der Waals surface area contributed by atoms with Crippen LogP contribution in [-0.2, 0) is 16.4 Å². The van der Waals surface area contributed by atoms with Gasteiger partial charge in [-0.05, 0) is 18.2 Å². The summed E-state index contributed by atoms with van der Waals surface area (Å²) in [7, 11) is -3.06. The van der Waals surface area contributed by atoms with Crippen LogP contribution in [0, 0.1) is 57.1 Å². The van der Waals surface area contributed by atoms with E-state index in [1.165, 1.54) is 12.1 Å². The van der Waals surface area contributed by atoms with Crippen molar-refractivity contribution in [3.8, 4) is 5.69 Å². The van der Waals surface area contributed by atoms with Gasteiger partial charge in [0, 0.05) is 48.7 Å². The maximum absolute atomic E-state index is 15.0. The Balaban J connectivity index is 0.00000180. The Morgan fingerprint density at radius 3 is 2.31 bits per heavy atom. The standard InChI is InChI=1S/C24H22F2N5O2S.CH3.U/c1-16-2-4-18(5-3-16)28-24-27-14-17-6-7-31(23(17)29-24)19-12-21(25)20(22(26)13-19)15-30-8-10-34(32,33)11-9-30;;/h2-7,12-14H,1,8-11,15H2,(H,27,28,29);1H3;/q2*-1;+2. The van der Waals surface area contributed by atoms with Crippen molar-refractivity contribution in [3.63, 3.8) is 0 Å². The smallest absolute Gasteiger partial charge is 0.358 e. The molecule has 36 heavy (non-hydrogen) atoms. The van der Waals surface area contributed by atoms with Crippen LogP contribution in [-0.4, -0.2) is 52.4 Å². The van der Waals surface area contributed by atoms with Gasteiger partial charge in [0.25, 0.3) is 0 Å². The normalized spacial score (nSPS) is 15.2. The summed E-state index contributed by atoms with van der Waals surface area (Å²) in [5.41, 5.74) is 2.39. The molecule has 4 aromatic rings. The number of anilines is 2. The fourth-order valence-corrected chi connectivity index (χ4v) is 5.19. The zero-order valence-electron chi connectivity index (χ0n) is 19.7. The average molecular weight is 736 g/mol. The second-order valence-electron chi connectivity index (χ2n) is 8.30. The number of hydrogen-bond acceptors (Lipinski definition) is 6. The molecule has 0 spiro atoms. The number of benzene rings is 2. The molecule has 1 saturated heterocycles. The van der Waals surface area contributed by atoms with E-state index in [-0.39, 0.29) is 75.2 Å². The third kappa shape index (κ3) is 6.09. The van der Waals surface area contributed by atoms with E-state index in [4.69, 9.17) is 0 Å². The maximum Gasteiger partial charge on any atom is 2.00 e. The Morgan fingerprint density at radius 1 is 1.03 bits per heavy atom. The first-order valence-corrected chi connectivity index (χ1v) is 12.5. The number of sulfone groups is 1. The van der Waals surface area contributed by atoms with E-state index in [0.717, 1.165) is 16.6 Å². The fraction of sp³-hybridized carbons (Fsp3) is 0.200. The minimum atomic E-state index is -3.06. The van der Waals surface area contributed by atoms with E-state index < -0.39 is 21.5 Å².